The fraction of sp³-hybridized carbons (Fsp3) is 0.333. The molecule has 1 fully saturated rings. The van der Waals surface area contributed by atoms with E-state index in [2.05, 4.69) is 30.3 Å². The highest BCUT2D eigenvalue weighted by Crippen LogP contribution is 2.46. The molecular weight excluding hydrogens is 246 g/mol. The Labute approximate surface area is 119 Å². The van der Waals surface area contributed by atoms with Gasteiger partial charge in [-0.25, -0.2) is 0 Å². The molecule has 2 heteroatoms. The van der Waals surface area contributed by atoms with E-state index in [1.165, 1.54) is 24.0 Å². The second-order valence-electron chi connectivity index (χ2n) is 5.89. The first-order valence-corrected chi connectivity index (χ1v) is 7.43. The van der Waals surface area contributed by atoms with Gasteiger partial charge in [0.15, 0.2) is 0 Å². The summed E-state index contributed by atoms with van der Waals surface area (Å²) in [4.78, 5) is 0. The van der Waals surface area contributed by atoms with Crippen molar-refractivity contribution in [2.24, 2.45) is 5.73 Å². The number of benzene rings is 2. The Morgan fingerprint density at radius 1 is 0.850 bits per heavy atom. The SMILES string of the molecule is N[C@H]1CC(c2ccccc2C2CC2)Oc2ccccc21. The van der Waals surface area contributed by atoms with Gasteiger partial charge in [-0.15, -0.1) is 0 Å². The van der Waals surface area contributed by atoms with Crippen molar-refractivity contribution >= 4 is 0 Å². The van der Waals surface area contributed by atoms with E-state index >= 15 is 0 Å². The van der Waals surface area contributed by atoms with Gasteiger partial charge < -0.3 is 10.5 Å². The van der Waals surface area contributed by atoms with E-state index in [-0.39, 0.29) is 12.1 Å². The lowest BCUT2D eigenvalue weighted by Crippen LogP contribution is -2.24. The van der Waals surface area contributed by atoms with Crippen LogP contribution in [-0.2, 0) is 0 Å². The van der Waals surface area contributed by atoms with Crippen LogP contribution in [-0.4, -0.2) is 0 Å². The molecule has 1 aliphatic carbocycles. The third-order valence-corrected chi connectivity index (χ3v) is 4.42. The molecule has 1 heterocycles. The number of hydrogen-bond acceptors (Lipinski definition) is 2. The molecular formula is C18H19NO. The van der Waals surface area contributed by atoms with Crippen LogP contribution in [0.5, 0.6) is 5.75 Å². The minimum atomic E-state index is 0.0669. The maximum atomic E-state index is 6.34. The van der Waals surface area contributed by atoms with Gasteiger partial charge in [-0.2, -0.15) is 0 Å². The fourth-order valence-corrected chi connectivity index (χ4v) is 3.21. The molecule has 0 bridgehead atoms. The molecule has 0 aromatic heterocycles. The molecule has 2 nitrogen and oxygen atoms in total. The van der Waals surface area contributed by atoms with E-state index in [4.69, 9.17) is 10.5 Å². The van der Waals surface area contributed by atoms with Gasteiger partial charge in [0.05, 0.1) is 0 Å². The van der Waals surface area contributed by atoms with Gasteiger partial charge in [-0.3, -0.25) is 0 Å². The predicted molar refractivity (Wildman–Crippen MR) is 79.8 cm³/mol. The molecule has 1 saturated carbocycles. The van der Waals surface area contributed by atoms with Crippen LogP contribution in [0.2, 0.25) is 0 Å². The van der Waals surface area contributed by atoms with Crippen molar-refractivity contribution in [2.75, 3.05) is 0 Å². The Morgan fingerprint density at radius 3 is 2.25 bits per heavy atom. The minimum absolute atomic E-state index is 0.0669. The smallest absolute Gasteiger partial charge is 0.126 e. The minimum Gasteiger partial charge on any atom is -0.485 e. The molecule has 2 aliphatic rings. The summed E-state index contributed by atoms with van der Waals surface area (Å²) < 4.78 is 6.23. The second-order valence-corrected chi connectivity index (χ2v) is 5.89. The van der Waals surface area contributed by atoms with Crippen molar-refractivity contribution in [3.8, 4) is 5.75 Å². The Hall–Kier alpha value is -1.80. The van der Waals surface area contributed by atoms with Crippen LogP contribution in [0.25, 0.3) is 0 Å². The van der Waals surface area contributed by atoms with E-state index in [9.17, 15) is 0 Å². The summed E-state index contributed by atoms with van der Waals surface area (Å²) in [5, 5.41) is 0. The molecule has 0 spiro atoms. The molecule has 1 unspecified atom stereocenters. The first-order valence-electron chi connectivity index (χ1n) is 7.43. The first-order chi connectivity index (χ1) is 9.83. The van der Waals surface area contributed by atoms with Gasteiger partial charge in [0.25, 0.3) is 0 Å². The van der Waals surface area contributed by atoms with Crippen LogP contribution in [0, 0.1) is 0 Å². The number of nitrogens with two attached hydrogens (primary N) is 1. The molecule has 0 radical (unpaired) electrons. The highest BCUT2D eigenvalue weighted by Gasteiger charge is 2.32. The predicted octanol–water partition coefficient (Wildman–Crippen LogP) is 4.09. The Balaban J connectivity index is 1.71. The number of ether oxygens (including phenoxy) is 1. The molecule has 20 heavy (non-hydrogen) atoms. The monoisotopic (exact) mass is 265 g/mol. The maximum absolute atomic E-state index is 6.34. The van der Waals surface area contributed by atoms with Crippen molar-refractivity contribution in [2.45, 2.75) is 37.3 Å². The van der Waals surface area contributed by atoms with Gasteiger partial charge in [0.1, 0.15) is 11.9 Å². The number of hydrogen-bond donors (Lipinski definition) is 1. The van der Waals surface area contributed by atoms with E-state index in [1.807, 2.05) is 18.2 Å². The average molecular weight is 265 g/mol. The van der Waals surface area contributed by atoms with Crippen LogP contribution in [0.3, 0.4) is 0 Å². The summed E-state index contributed by atoms with van der Waals surface area (Å²) in [5.74, 6) is 1.69. The van der Waals surface area contributed by atoms with Crippen LogP contribution >= 0.6 is 0 Å². The molecule has 2 aromatic rings. The van der Waals surface area contributed by atoms with Gasteiger partial charge in [-0.1, -0.05) is 42.5 Å². The lowest BCUT2D eigenvalue weighted by molar-refractivity contribution is 0.160. The molecule has 2 N–H and O–H groups in total. The van der Waals surface area contributed by atoms with Crippen molar-refractivity contribution < 1.29 is 4.74 Å². The van der Waals surface area contributed by atoms with E-state index in [1.54, 1.807) is 0 Å². The second kappa shape index (κ2) is 4.64. The summed E-state index contributed by atoms with van der Waals surface area (Å²) in [6.07, 6.45) is 3.58. The third-order valence-electron chi connectivity index (χ3n) is 4.42. The van der Waals surface area contributed by atoms with E-state index in [0.29, 0.717) is 0 Å². The number of fused-ring (bicyclic) bond motifs is 1. The van der Waals surface area contributed by atoms with Crippen LogP contribution in [0.1, 0.15) is 54.0 Å². The van der Waals surface area contributed by atoms with Gasteiger partial charge in [0.2, 0.25) is 0 Å². The first kappa shape index (κ1) is 12.0. The lowest BCUT2D eigenvalue weighted by atomic mass is 9.90. The zero-order valence-corrected chi connectivity index (χ0v) is 11.5. The molecule has 2 aromatic carbocycles. The summed E-state index contributed by atoms with van der Waals surface area (Å²) in [6.45, 7) is 0. The highest BCUT2D eigenvalue weighted by atomic mass is 16.5. The van der Waals surface area contributed by atoms with E-state index < -0.39 is 0 Å². The van der Waals surface area contributed by atoms with Crippen molar-refractivity contribution in [3.05, 3.63) is 65.2 Å². The molecule has 0 amide bonds. The standard InChI is InChI=1S/C18H19NO/c19-16-11-18(20-17-8-4-3-7-15(16)17)14-6-2-1-5-13(14)12-9-10-12/h1-8,12,16,18H,9-11,19H2/t16-,18?/m0/s1. The quantitative estimate of drug-likeness (QED) is 0.887. The zero-order valence-electron chi connectivity index (χ0n) is 11.5. The maximum Gasteiger partial charge on any atom is 0.126 e. The summed E-state index contributed by atoms with van der Waals surface area (Å²) in [5.41, 5.74) is 10.3. The largest absolute Gasteiger partial charge is 0.485 e. The van der Waals surface area contributed by atoms with Crippen molar-refractivity contribution in [1.29, 1.82) is 0 Å². The zero-order chi connectivity index (χ0) is 13.5. The topological polar surface area (TPSA) is 35.2 Å². The molecule has 102 valence electrons. The van der Waals surface area contributed by atoms with Gasteiger partial charge >= 0.3 is 0 Å². The Morgan fingerprint density at radius 2 is 1.50 bits per heavy atom. The Bertz CT molecular complexity index is 633. The Kier molecular flexibility index (Phi) is 2.78. The molecule has 0 saturated heterocycles. The number of rotatable bonds is 2. The van der Waals surface area contributed by atoms with Crippen LogP contribution in [0.15, 0.2) is 48.5 Å². The van der Waals surface area contributed by atoms with Gasteiger partial charge in [-0.05, 0) is 36.0 Å². The summed E-state index contributed by atoms with van der Waals surface area (Å²) in [7, 11) is 0. The lowest BCUT2D eigenvalue weighted by Gasteiger charge is -2.31. The molecule has 1 aliphatic heterocycles. The number of para-hydroxylation sites is 1. The van der Waals surface area contributed by atoms with E-state index in [0.717, 1.165) is 23.7 Å². The van der Waals surface area contributed by atoms with Crippen LogP contribution in [0.4, 0.5) is 0 Å². The summed E-state index contributed by atoms with van der Waals surface area (Å²) in [6, 6.07) is 16.9. The van der Waals surface area contributed by atoms with Gasteiger partial charge in [0, 0.05) is 18.0 Å². The van der Waals surface area contributed by atoms with Crippen LogP contribution < -0.4 is 10.5 Å². The van der Waals surface area contributed by atoms with Crippen molar-refractivity contribution in [3.63, 3.8) is 0 Å². The fourth-order valence-electron chi connectivity index (χ4n) is 3.21. The highest BCUT2D eigenvalue weighted by molar-refractivity contribution is 5.41. The molecule has 4 rings (SSSR count). The third kappa shape index (κ3) is 2.01. The van der Waals surface area contributed by atoms with Crippen molar-refractivity contribution in [1.82, 2.24) is 0 Å². The molecule has 2 atom stereocenters. The summed E-state index contributed by atoms with van der Waals surface area (Å²) >= 11 is 0. The average Bonchev–Trinajstić information content (AvgIpc) is 3.32. The normalized spacial score (nSPS) is 24.9.